The van der Waals surface area contributed by atoms with Crippen LogP contribution in [0.4, 0.5) is 0 Å². The van der Waals surface area contributed by atoms with Crippen LogP contribution in [0.1, 0.15) is 5.56 Å². The Morgan fingerprint density at radius 2 is 2.38 bits per heavy atom. The van der Waals surface area contributed by atoms with Gasteiger partial charge in [0, 0.05) is 0 Å². The maximum Gasteiger partial charge on any atom is 0.230 e. The number of halogens is 1. The van der Waals surface area contributed by atoms with E-state index in [1.54, 1.807) is 24.3 Å². The molecule has 0 aliphatic heterocycles. The Morgan fingerprint density at radius 1 is 1.56 bits per heavy atom. The SMILES string of the molecule is N#Cc1cccc(OCCNC(=O)CBr)c1. The summed E-state index contributed by atoms with van der Waals surface area (Å²) in [5, 5.41) is 11.6. The van der Waals surface area contributed by atoms with Gasteiger partial charge in [0.2, 0.25) is 5.91 Å². The van der Waals surface area contributed by atoms with Gasteiger partial charge in [-0.25, -0.2) is 0 Å². The van der Waals surface area contributed by atoms with E-state index in [0.29, 0.717) is 24.5 Å². The fourth-order valence-corrected chi connectivity index (χ4v) is 1.26. The van der Waals surface area contributed by atoms with E-state index in [9.17, 15) is 4.79 Å². The predicted molar refractivity (Wildman–Crippen MR) is 63.5 cm³/mol. The third-order valence-corrected chi connectivity index (χ3v) is 2.29. The van der Waals surface area contributed by atoms with E-state index in [2.05, 4.69) is 21.2 Å². The molecule has 0 saturated carbocycles. The Kier molecular flexibility index (Phi) is 5.37. The standard InChI is InChI=1S/C11H11BrN2O2/c12-7-11(15)14-4-5-16-10-3-1-2-9(6-10)8-13/h1-3,6H,4-5,7H2,(H,14,15). The van der Waals surface area contributed by atoms with Crippen molar-refractivity contribution in [1.82, 2.24) is 5.32 Å². The number of carbonyl (C=O) groups excluding carboxylic acids is 1. The molecule has 0 bridgehead atoms. The van der Waals surface area contributed by atoms with Gasteiger partial charge in [0.15, 0.2) is 0 Å². The summed E-state index contributed by atoms with van der Waals surface area (Å²) < 4.78 is 5.36. The average Bonchev–Trinajstić information content (AvgIpc) is 2.34. The molecule has 16 heavy (non-hydrogen) atoms. The number of nitriles is 1. The number of alkyl halides is 1. The summed E-state index contributed by atoms with van der Waals surface area (Å²) in [5.41, 5.74) is 0.557. The van der Waals surface area contributed by atoms with Crippen LogP contribution in [0.25, 0.3) is 0 Å². The summed E-state index contributed by atoms with van der Waals surface area (Å²) in [6.45, 7) is 0.828. The first-order valence-corrected chi connectivity index (χ1v) is 5.84. The van der Waals surface area contributed by atoms with Gasteiger partial charge in [-0.15, -0.1) is 0 Å². The Morgan fingerprint density at radius 3 is 3.06 bits per heavy atom. The molecule has 0 aliphatic rings. The zero-order valence-electron chi connectivity index (χ0n) is 8.57. The van der Waals surface area contributed by atoms with Gasteiger partial charge in [-0.1, -0.05) is 22.0 Å². The van der Waals surface area contributed by atoms with Crippen LogP contribution in [-0.4, -0.2) is 24.4 Å². The molecule has 4 nitrogen and oxygen atoms in total. The van der Waals surface area contributed by atoms with Crippen molar-refractivity contribution in [3.05, 3.63) is 29.8 Å². The summed E-state index contributed by atoms with van der Waals surface area (Å²) in [5.74, 6) is 0.557. The molecular formula is C11H11BrN2O2. The van der Waals surface area contributed by atoms with E-state index in [1.165, 1.54) is 0 Å². The molecule has 1 amide bonds. The van der Waals surface area contributed by atoms with Crippen LogP contribution in [0, 0.1) is 11.3 Å². The fraction of sp³-hybridized carbons (Fsp3) is 0.273. The highest BCUT2D eigenvalue weighted by molar-refractivity contribution is 9.09. The molecule has 1 N–H and O–H groups in total. The molecule has 1 rings (SSSR count). The number of ether oxygens (including phenoxy) is 1. The van der Waals surface area contributed by atoms with Gasteiger partial charge in [0.1, 0.15) is 12.4 Å². The van der Waals surface area contributed by atoms with Crippen LogP contribution in [0.3, 0.4) is 0 Å². The molecule has 0 heterocycles. The second-order valence-electron chi connectivity index (χ2n) is 2.97. The zero-order valence-corrected chi connectivity index (χ0v) is 10.2. The summed E-state index contributed by atoms with van der Waals surface area (Å²) in [6.07, 6.45) is 0. The van der Waals surface area contributed by atoms with Crippen LogP contribution in [0.2, 0.25) is 0 Å². The van der Waals surface area contributed by atoms with Gasteiger partial charge < -0.3 is 10.1 Å². The number of hydrogen-bond acceptors (Lipinski definition) is 3. The molecule has 0 fully saturated rings. The first-order valence-electron chi connectivity index (χ1n) is 4.72. The maximum atomic E-state index is 10.9. The Bertz CT molecular complexity index is 401. The minimum Gasteiger partial charge on any atom is -0.492 e. The van der Waals surface area contributed by atoms with Gasteiger partial charge in [0.25, 0.3) is 0 Å². The van der Waals surface area contributed by atoms with Crippen molar-refractivity contribution in [3.8, 4) is 11.8 Å². The van der Waals surface area contributed by atoms with Crippen LogP contribution >= 0.6 is 15.9 Å². The molecule has 0 aliphatic carbocycles. The largest absolute Gasteiger partial charge is 0.492 e. The Labute approximate surface area is 102 Å². The normalized spacial score (nSPS) is 9.25. The molecule has 0 spiro atoms. The molecular weight excluding hydrogens is 272 g/mol. The topological polar surface area (TPSA) is 62.1 Å². The second kappa shape index (κ2) is 6.85. The van der Waals surface area contributed by atoms with Gasteiger partial charge in [-0.05, 0) is 18.2 Å². The Balaban J connectivity index is 2.32. The van der Waals surface area contributed by atoms with Gasteiger partial charge >= 0.3 is 0 Å². The monoisotopic (exact) mass is 282 g/mol. The summed E-state index contributed by atoms with van der Waals surface area (Å²) >= 11 is 3.04. The number of amides is 1. The van der Waals surface area contributed by atoms with E-state index in [0.717, 1.165) is 0 Å². The number of carbonyl (C=O) groups is 1. The van der Waals surface area contributed by atoms with Gasteiger partial charge in [0.05, 0.1) is 23.5 Å². The highest BCUT2D eigenvalue weighted by Crippen LogP contribution is 2.11. The van der Waals surface area contributed by atoms with Crippen LogP contribution < -0.4 is 10.1 Å². The molecule has 1 aromatic rings. The number of nitrogens with one attached hydrogen (secondary N) is 1. The third kappa shape index (κ3) is 4.32. The van der Waals surface area contributed by atoms with Crippen molar-refractivity contribution in [1.29, 1.82) is 5.26 Å². The Hall–Kier alpha value is -1.54. The maximum absolute atomic E-state index is 10.9. The summed E-state index contributed by atoms with van der Waals surface area (Å²) in [7, 11) is 0. The molecule has 84 valence electrons. The molecule has 1 aromatic carbocycles. The molecule has 0 atom stereocenters. The van der Waals surface area contributed by atoms with E-state index in [1.807, 2.05) is 6.07 Å². The summed E-state index contributed by atoms with van der Waals surface area (Å²) in [4.78, 5) is 10.9. The number of nitrogens with zero attached hydrogens (tertiary/aromatic N) is 1. The molecule has 0 radical (unpaired) electrons. The van der Waals surface area contributed by atoms with Crippen LogP contribution in [-0.2, 0) is 4.79 Å². The average molecular weight is 283 g/mol. The van der Waals surface area contributed by atoms with Crippen molar-refractivity contribution in [2.75, 3.05) is 18.5 Å². The first-order chi connectivity index (χ1) is 7.76. The highest BCUT2D eigenvalue weighted by atomic mass is 79.9. The van der Waals surface area contributed by atoms with Gasteiger partial charge in [-0.3, -0.25) is 4.79 Å². The predicted octanol–water partition coefficient (Wildman–Crippen LogP) is 1.45. The molecule has 5 heteroatoms. The number of benzene rings is 1. The smallest absolute Gasteiger partial charge is 0.230 e. The van der Waals surface area contributed by atoms with E-state index < -0.39 is 0 Å². The lowest BCUT2D eigenvalue weighted by atomic mass is 10.2. The highest BCUT2D eigenvalue weighted by Gasteiger charge is 1.98. The van der Waals surface area contributed by atoms with Crippen molar-refractivity contribution < 1.29 is 9.53 Å². The lowest BCUT2D eigenvalue weighted by Crippen LogP contribution is -2.28. The zero-order chi connectivity index (χ0) is 11.8. The fourth-order valence-electron chi connectivity index (χ4n) is 1.06. The third-order valence-electron chi connectivity index (χ3n) is 1.78. The van der Waals surface area contributed by atoms with Crippen LogP contribution in [0.15, 0.2) is 24.3 Å². The van der Waals surface area contributed by atoms with Crippen molar-refractivity contribution in [2.24, 2.45) is 0 Å². The minimum absolute atomic E-state index is 0.0747. The van der Waals surface area contributed by atoms with E-state index >= 15 is 0 Å². The number of rotatable bonds is 5. The summed E-state index contributed by atoms with van der Waals surface area (Å²) in [6, 6.07) is 8.92. The molecule has 0 unspecified atom stereocenters. The van der Waals surface area contributed by atoms with E-state index in [-0.39, 0.29) is 11.2 Å². The molecule has 0 aromatic heterocycles. The lowest BCUT2D eigenvalue weighted by Gasteiger charge is -2.06. The molecule has 0 saturated heterocycles. The number of hydrogen-bond donors (Lipinski definition) is 1. The van der Waals surface area contributed by atoms with E-state index in [4.69, 9.17) is 10.00 Å². The van der Waals surface area contributed by atoms with Crippen molar-refractivity contribution >= 4 is 21.8 Å². The first kappa shape index (κ1) is 12.5. The van der Waals surface area contributed by atoms with Crippen LogP contribution in [0.5, 0.6) is 5.75 Å². The minimum atomic E-state index is -0.0747. The van der Waals surface area contributed by atoms with Gasteiger partial charge in [-0.2, -0.15) is 5.26 Å². The second-order valence-corrected chi connectivity index (χ2v) is 3.53. The van der Waals surface area contributed by atoms with Crippen molar-refractivity contribution in [2.45, 2.75) is 0 Å². The quantitative estimate of drug-likeness (QED) is 0.657. The lowest BCUT2D eigenvalue weighted by molar-refractivity contribution is -0.118. The van der Waals surface area contributed by atoms with Crippen molar-refractivity contribution in [3.63, 3.8) is 0 Å².